The van der Waals surface area contributed by atoms with Crippen LogP contribution in [0.3, 0.4) is 0 Å². The predicted molar refractivity (Wildman–Crippen MR) is 81.0 cm³/mol. The van der Waals surface area contributed by atoms with Crippen molar-refractivity contribution in [3.05, 3.63) is 4.98 Å². The van der Waals surface area contributed by atoms with Gasteiger partial charge in [-0.15, -0.1) is 5.54 Å². The SMILES string of the molecule is CC1C(C)C(C)C([Si](C)(C)[N-]C(C)(C)C)C1C.[Li+].[Li+]. The van der Waals surface area contributed by atoms with Crippen LogP contribution in [-0.4, -0.2) is 13.8 Å². The summed E-state index contributed by atoms with van der Waals surface area (Å²) in [4.78, 5) is 5.23. The van der Waals surface area contributed by atoms with Crippen molar-refractivity contribution < 1.29 is 37.7 Å². The summed E-state index contributed by atoms with van der Waals surface area (Å²) in [6, 6.07) is 0. The van der Waals surface area contributed by atoms with Crippen molar-refractivity contribution in [3.8, 4) is 0 Å². The van der Waals surface area contributed by atoms with Crippen molar-refractivity contribution in [2.45, 2.75) is 72.6 Å². The van der Waals surface area contributed by atoms with Crippen LogP contribution in [0.4, 0.5) is 0 Å². The summed E-state index contributed by atoms with van der Waals surface area (Å²) in [5.41, 5.74) is 0.983. The molecule has 0 amide bonds. The fourth-order valence-electron chi connectivity index (χ4n) is 4.32. The fraction of sp³-hybridized carbons (Fsp3) is 1.00. The van der Waals surface area contributed by atoms with Gasteiger partial charge in [-0.1, -0.05) is 75.3 Å². The van der Waals surface area contributed by atoms with Gasteiger partial charge in [-0.3, -0.25) is 0 Å². The maximum absolute atomic E-state index is 5.23. The summed E-state index contributed by atoms with van der Waals surface area (Å²) in [6.07, 6.45) is 0. The Morgan fingerprint density at radius 3 is 1.32 bits per heavy atom. The zero-order valence-corrected chi connectivity index (χ0v) is 16.3. The summed E-state index contributed by atoms with van der Waals surface area (Å²) in [5, 5.41) is 0. The Morgan fingerprint density at radius 2 is 1.05 bits per heavy atom. The van der Waals surface area contributed by atoms with Crippen molar-refractivity contribution >= 4 is 8.24 Å². The third-order valence-corrected chi connectivity index (χ3v) is 8.99. The van der Waals surface area contributed by atoms with Gasteiger partial charge < -0.3 is 4.98 Å². The molecule has 4 heteroatoms. The van der Waals surface area contributed by atoms with Gasteiger partial charge in [0.1, 0.15) is 0 Å². The normalized spacial score (nSPS) is 35.5. The van der Waals surface area contributed by atoms with Gasteiger partial charge in [0.15, 0.2) is 0 Å². The third kappa shape index (κ3) is 5.25. The van der Waals surface area contributed by atoms with E-state index in [4.69, 9.17) is 4.98 Å². The van der Waals surface area contributed by atoms with Crippen LogP contribution < -0.4 is 37.7 Å². The van der Waals surface area contributed by atoms with Crippen molar-refractivity contribution in [1.82, 2.24) is 0 Å². The molecule has 19 heavy (non-hydrogen) atoms. The first-order valence-corrected chi connectivity index (χ1v) is 10.2. The van der Waals surface area contributed by atoms with Gasteiger partial charge in [0.2, 0.25) is 0 Å². The molecule has 4 unspecified atom stereocenters. The van der Waals surface area contributed by atoms with E-state index in [-0.39, 0.29) is 43.3 Å². The molecule has 0 aromatic rings. The smallest absolute Gasteiger partial charge is 0.660 e. The van der Waals surface area contributed by atoms with Crippen molar-refractivity contribution in [2.75, 3.05) is 0 Å². The first-order chi connectivity index (χ1) is 7.47. The molecular formula is C15H32Li2NSi+. The summed E-state index contributed by atoms with van der Waals surface area (Å²) in [5.74, 6) is 3.40. The molecule has 0 N–H and O–H groups in total. The monoisotopic (exact) mass is 268 g/mol. The van der Waals surface area contributed by atoms with Gasteiger partial charge >= 0.3 is 37.7 Å². The second-order valence-corrected chi connectivity index (χ2v) is 12.1. The zero-order valence-electron chi connectivity index (χ0n) is 15.3. The molecule has 0 aliphatic heterocycles. The van der Waals surface area contributed by atoms with Gasteiger partial charge in [0.05, 0.1) is 0 Å². The molecule has 102 valence electrons. The number of hydrogen-bond acceptors (Lipinski definition) is 0. The van der Waals surface area contributed by atoms with E-state index in [0.29, 0.717) is 0 Å². The topological polar surface area (TPSA) is 14.1 Å². The summed E-state index contributed by atoms with van der Waals surface area (Å²) < 4.78 is 0. The minimum Gasteiger partial charge on any atom is -0.660 e. The maximum Gasteiger partial charge on any atom is 1.00 e. The average molecular weight is 268 g/mol. The Hall–Kier alpha value is 1.37. The van der Waals surface area contributed by atoms with Crippen LogP contribution in [0.1, 0.15) is 48.5 Å². The van der Waals surface area contributed by atoms with E-state index in [1.165, 1.54) is 0 Å². The van der Waals surface area contributed by atoms with Gasteiger partial charge in [-0.25, -0.2) is 0 Å². The van der Waals surface area contributed by atoms with Gasteiger partial charge in [0, 0.05) is 0 Å². The minimum absolute atomic E-state index is 0. The second-order valence-electron chi connectivity index (χ2n) is 7.90. The fourth-order valence-corrected chi connectivity index (χ4v) is 9.37. The molecule has 1 rings (SSSR count). The molecule has 0 spiro atoms. The first-order valence-electron chi connectivity index (χ1n) is 7.21. The van der Waals surface area contributed by atoms with Crippen molar-refractivity contribution in [1.29, 1.82) is 0 Å². The molecule has 0 aromatic carbocycles. The van der Waals surface area contributed by atoms with Crippen LogP contribution in [0.15, 0.2) is 0 Å². The molecule has 1 aliphatic rings. The van der Waals surface area contributed by atoms with E-state index >= 15 is 0 Å². The second kappa shape index (κ2) is 7.58. The molecule has 4 atom stereocenters. The van der Waals surface area contributed by atoms with E-state index in [9.17, 15) is 0 Å². The summed E-state index contributed by atoms with van der Waals surface area (Å²) in [7, 11) is -1.49. The Kier molecular flexibility index (Phi) is 9.03. The third-order valence-electron chi connectivity index (χ3n) is 5.06. The molecule has 0 saturated heterocycles. The molecule has 1 saturated carbocycles. The predicted octanol–water partition coefficient (Wildman–Crippen LogP) is -0.700. The van der Waals surface area contributed by atoms with Gasteiger partial charge in [0.25, 0.3) is 0 Å². The van der Waals surface area contributed by atoms with Crippen LogP contribution in [-0.2, 0) is 0 Å². The standard InChI is InChI=1S/C15H32NSi.2Li/c1-10-11(2)13(4)14(12(10)3)17(8,9)16-15(5,6)7;;/h10-14H,1-9H3;;/q-1;2*+1. The van der Waals surface area contributed by atoms with E-state index in [1.807, 2.05) is 0 Å². The summed E-state index contributed by atoms with van der Waals surface area (Å²) >= 11 is 0. The molecule has 0 heterocycles. The molecule has 0 bridgehead atoms. The van der Waals surface area contributed by atoms with E-state index < -0.39 is 8.24 Å². The average Bonchev–Trinajstić information content (AvgIpc) is 2.27. The Balaban J connectivity index is 0. The van der Waals surface area contributed by atoms with Gasteiger partial charge in [-0.05, 0) is 23.7 Å². The molecule has 1 fully saturated rings. The van der Waals surface area contributed by atoms with Crippen LogP contribution in [0.25, 0.3) is 4.98 Å². The number of hydrogen-bond donors (Lipinski definition) is 0. The van der Waals surface area contributed by atoms with Crippen LogP contribution in [0, 0.1) is 23.7 Å². The molecule has 0 aromatic heterocycles. The molecule has 1 nitrogen and oxygen atoms in total. The maximum atomic E-state index is 5.23. The van der Waals surface area contributed by atoms with E-state index in [0.717, 1.165) is 29.2 Å². The summed E-state index contributed by atoms with van der Waals surface area (Å²) in [6.45, 7) is 21.5. The quantitative estimate of drug-likeness (QED) is 0.588. The van der Waals surface area contributed by atoms with Gasteiger partial charge in [-0.2, -0.15) is 0 Å². The Bertz CT molecular complexity index is 262. The zero-order chi connectivity index (χ0) is 13.6. The van der Waals surface area contributed by atoms with E-state index in [2.05, 4.69) is 61.6 Å². The van der Waals surface area contributed by atoms with Crippen molar-refractivity contribution in [3.63, 3.8) is 0 Å². The van der Waals surface area contributed by atoms with Crippen LogP contribution in [0.5, 0.6) is 0 Å². The molecule has 1 aliphatic carbocycles. The minimum atomic E-state index is -1.49. The van der Waals surface area contributed by atoms with Crippen LogP contribution >= 0.6 is 0 Å². The molecular weight excluding hydrogens is 236 g/mol. The van der Waals surface area contributed by atoms with Crippen molar-refractivity contribution in [2.24, 2.45) is 23.7 Å². The van der Waals surface area contributed by atoms with Crippen LogP contribution in [0.2, 0.25) is 18.6 Å². The first kappa shape index (κ1) is 22.6. The number of nitrogens with zero attached hydrogens (tertiary/aromatic N) is 1. The van der Waals surface area contributed by atoms with E-state index in [1.54, 1.807) is 0 Å². The molecule has 0 radical (unpaired) electrons. The largest absolute Gasteiger partial charge is 1.00 e. The Morgan fingerprint density at radius 1 is 0.737 bits per heavy atom. The Labute approximate surface area is 146 Å². The number of rotatable bonds is 2.